The lowest BCUT2D eigenvalue weighted by atomic mass is 10.1. The third-order valence-electron chi connectivity index (χ3n) is 1.67. The molecule has 66 valence electrons. The predicted molar refractivity (Wildman–Crippen MR) is 51.5 cm³/mol. The standard InChI is InChI=1S/C9H13O2P/c1-2-5-8-6-3-4-7-9(8)11-12-10/h3-4,6-7H,2,5,12H2,1H3. The fourth-order valence-electron chi connectivity index (χ4n) is 1.15. The van der Waals surface area contributed by atoms with Gasteiger partial charge in [0.05, 0.1) is 0 Å². The van der Waals surface area contributed by atoms with Gasteiger partial charge in [0.2, 0.25) is 8.69 Å². The maximum Gasteiger partial charge on any atom is 0.225 e. The van der Waals surface area contributed by atoms with Gasteiger partial charge in [0.25, 0.3) is 0 Å². The third-order valence-corrected chi connectivity index (χ3v) is 2.02. The monoisotopic (exact) mass is 184 g/mol. The van der Waals surface area contributed by atoms with Crippen LogP contribution in [-0.2, 0) is 11.0 Å². The SMILES string of the molecule is CCCc1ccccc1O[PH2]=O. The first-order valence-corrected chi connectivity index (χ1v) is 5.01. The summed E-state index contributed by atoms with van der Waals surface area (Å²) in [4.78, 5) is 0. The van der Waals surface area contributed by atoms with Crippen molar-refractivity contribution in [2.45, 2.75) is 19.8 Å². The molecule has 3 heteroatoms. The van der Waals surface area contributed by atoms with Gasteiger partial charge in [-0.15, -0.1) is 0 Å². The van der Waals surface area contributed by atoms with Crippen LogP contribution < -0.4 is 4.52 Å². The Balaban J connectivity index is 2.83. The second kappa shape index (κ2) is 5.00. The van der Waals surface area contributed by atoms with Crippen LogP contribution in [0, 0.1) is 0 Å². The van der Waals surface area contributed by atoms with Crippen molar-refractivity contribution in [3.63, 3.8) is 0 Å². The summed E-state index contributed by atoms with van der Waals surface area (Å²) in [5.74, 6) is 0.768. The molecule has 1 unspecified atom stereocenters. The number of aryl methyl sites for hydroxylation is 1. The topological polar surface area (TPSA) is 26.3 Å². The number of hydrogen-bond donors (Lipinski definition) is 0. The van der Waals surface area contributed by atoms with Gasteiger partial charge in [0, 0.05) is 0 Å². The highest BCUT2D eigenvalue weighted by Crippen LogP contribution is 2.22. The van der Waals surface area contributed by atoms with Gasteiger partial charge in [-0.3, -0.25) is 4.57 Å². The molecule has 1 rings (SSSR count). The van der Waals surface area contributed by atoms with Crippen LogP contribution in [0.1, 0.15) is 18.9 Å². The molecule has 0 heterocycles. The normalized spacial score (nSPS) is 10.8. The Morgan fingerprint density at radius 2 is 2.17 bits per heavy atom. The van der Waals surface area contributed by atoms with E-state index in [9.17, 15) is 4.57 Å². The quantitative estimate of drug-likeness (QED) is 0.672. The second-order valence-electron chi connectivity index (χ2n) is 2.57. The predicted octanol–water partition coefficient (Wildman–Crippen LogP) is 2.69. The van der Waals surface area contributed by atoms with E-state index in [-0.39, 0.29) is 0 Å². The van der Waals surface area contributed by atoms with Gasteiger partial charge in [0.15, 0.2) is 0 Å². The minimum absolute atomic E-state index is 0.768. The highest BCUT2D eigenvalue weighted by atomic mass is 31.1. The second-order valence-corrected chi connectivity index (χ2v) is 3.00. The number of benzene rings is 1. The van der Waals surface area contributed by atoms with Gasteiger partial charge >= 0.3 is 0 Å². The minimum atomic E-state index is -1.14. The summed E-state index contributed by atoms with van der Waals surface area (Å²) in [6.45, 7) is 2.11. The summed E-state index contributed by atoms with van der Waals surface area (Å²) in [6, 6.07) is 7.73. The van der Waals surface area contributed by atoms with Gasteiger partial charge in [-0.05, 0) is 18.1 Å². The van der Waals surface area contributed by atoms with Crippen molar-refractivity contribution >= 4 is 8.69 Å². The Hall–Kier alpha value is -0.750. The van der Waals surface area contributed by atoms with E-state index in [1.165, 1.54) is 0 Å². The summed E-state index contributed by atoms with van der Waals surface area (Å²) in [5, 5.41) is 0. The van der Waals surface area contributed by atoms with Crippen molar-refractivity contribution in [2.24, 2.45) is 0 Å². The van der Waals surface area contributed by atoms with E-state index < -0.39 is 8.69 Å². The van der Waals surface area contributed by atoms with E-state index in [4.69, 9.17) is 4.52 Å². The zero-order chi connectivity index (χ0) is 8.81. The molecule has 1 aromatic rings. The lowest BCUT2D eigenvalue weighted by Gasteiger charge is -2.04. The largest absolute Gasteiger partial charge is 0.447 e. The number of hydrogen-bond acceptors (Lipinski definition) is 2. The summed E-state index contributed by atoms with van der Waals surface area (Å²) >= 11 is 0. The van der Waals surface area contributed by atoms with E-state index in [0.29, 0.717) is 0 Å². The third kappa shape index (κ3) is 2.38. The Bertz CT molecular complexity index is 260. The summed E-state index contributed by atoms with van der Waals surface area (Å²) < 4.78 is 15.3. The van der Waals surface area contributed by atoms with Crippen molar-refractivity contribution in [1.82, 2.24) is 0 Å². The van der Waals surface area contributed by atoms with Crippen LogP contribution in [0.25, 0.3) is 0 Å². The summed E-state index contributed by atoms with van der Waals surface area (Å²) in [7, 11) is -1.14. The number of para-hydroxylation sites is 1. The fourth-order valence-corrected chi connectivity index (χ4v) is 1.48. The molecule has 1 atom stereocenters. The molecule has 0 saturated heterocycles. The zero-order valence-electron chi connectivity index (χ0n) is 7.12. The lowest BCUT2D eigenvalue weighted by Crippen LogP contribution is -1.86. The average Bonchev–Trinajstić information content (AvgIpc) is 2.09. The van der Waals surface area contributed by atoms with Crippen LogP contribution in [0.5, 0.6) is 5.75 Å². The highest BCUT2D eigenvalue weighted by molar-refractivity contribution is 7.17. The Morgan fingerprint density at radius 3 is 2.83 bits per heavy atom. The molecule has 1 aromatic carbocycles. The van der Waals surface area contributed by atoms with Crippen LogP contribution in [0.2, 0.25) is 0 Å². The minimum Gasteiger partial charge on any atom is -0.447 e. The molecule has 0 aliphatic heterocycles. The van der Waals surface area contributed by atoms with Gasteiger partial charge in [0.1, 0.15) is 5.75 Å². The van der Waals surface area contributed by atoms with Crippen molar-refractivity contribution in [2.75, 3.05) is 0 Å². The van der Waals surface area contributed by atoms with Crippen LogP contribution >= 0.6 is 8.69 Å². The molecule has 0 fully saturated rings. The van der Waals surface area contributed by atoms with E-state index in [1.807, 2.05) is 24.3 Å². The van der Waals surface area contributed by atoms with E-state index in [1.54, 1.807) is 0 Å². The zero-order valence-corrected chi connectivity index (χ0v) is 8.27. The maximum atomic E-state index is 10.3. The molecule has 0 amide bonds. The molecule has 0 saturated carbocycles. The first-order valence-electron chi connectivity index (χ1n) is 4.06. The first-order chi connectivity index (χ1) is 5.88. The molecule has 0 radical (unpaired) electrons. The molecule has 12 heavy (non-hydrogen) atoms. The van der Waals surface area contributed by atoms with Crippen molar-refractivity contribution in [1.29, 1.82) is 0 Å². The van der Waals surface area contributed by atoms with Crippen molar-refractivity contribution < 1.29 is 9.09 Å². The van der Waals surface area contributed by atoms with Gasteiger partial charge in [-0.2, -0.15) is 0 Å². The van der Waals surface area contributed by atoms with Crippen LogP contribution in [0.3, 0.4) is 0 Å². The Kier molecular flexibility index (Phi) is 3.89. The van der Waals surface area contributed by atoms with E-state index >= 15 is 0 Å². The van der Waals surface area contributed by atoms with Crippen molar-refractivity contribution in [3.05, 3.63) is 29.8 Å². The Morgan fingerprint density at radius 1 is 1.42 bits per heavy atom. The van der Waals surface area contributed by atoms with E-state index in [0.717, 1.165) is 24.2 Å². The molecule has 2 nitrogen and oxygen atoms in total. The molecule has 0 N–H and O–H groups in total. The number of rotatable bonds is 4. The lowest BCUT2D eigenvalue weighted by molar-refractivity contribution is 0.521. The van der Waals surface area contributed by atoms with Crippen LogP contribution in [0.15, 0.2) is 24.3 Å². The summed E-state index contributed by atoms with van der Waals surface area (Å²) in [5.41, 5.74) is 1.14. The van der Waals surface area contributed by atoms with Crippen molar-refractivity contribution in [3.8, 4) is 5.75 Å². The summed E-state index contributed by atoms with van der Waals surface area (Å²) in [6.07, 6.45) is 2.06. The first kappa shape index (κ1) is 9.34. The molecular weight excluding hydrogens is 171 g/mol. The molecular formula is C9H13O2P. The Labute approximate surface area is 73.8 Å². The molecule has 0 aliphatic rings. The van der Waals surface area contributed by atoms with Crippen LogP contribution in [-0.4, -0.2) is 0 Å². The van der Waals surface area contributed by atoms with Gasteiger partial charge in [-0.1, -0.05) is 31.5 Å². The molecule has 0 aliphatic carbocycles. The molecule has 0 spiro atoms. The van der Waals surface area contributed by atoms with Gasteiger partial charge in [-0.25, -0.2) is 0 Å². The smallest absolute Gasteiger partial charge is 0.225 e. The van der Waals surface area contributed by atoms with Gasteiger partial charge < -0.3 is 4.52 Å². The van der Waals surface area contributed by atoms with E-state index in [2.05, 4.69) is 6.92 Å². The van der Waals surface area contributed by atoms with Crippen LogP contribution in [0.4, 0.5) is 0 Å². The molecule has 0 aromatic heterocycles. The highest BCUT2D eigenvalue weighted by Gasteiger charge is 1.99. The maximum absolute atomic E-state index is 10.3. The molecule has 0 bridgehead atoms. The fraction of sp³-hybridized carbons (Fsp3) is 0.333. The average molecular weight is 184 g/mol.